The monoisotopic (exact) mass is 226 g/mol. The predicted octanol–water partition coefficient (Wildman–Crippen LogP) is 0.731. The molecular formula is C12H18O4. The van der Waals surface area contributed by atoms with Gasteiger partial charge in [-0.3, -0.25) is 0 Å². The molecule has 4 nitrogen and oxygen atoms in total. The highest BCUT2D eigenvalue weighted by Gasteiger charge is 2.12. The van der Waals surface area contributed by atoms with Crippen LogP contribution in [-0.4, -0.2) is 33.1 Å². The number of hydrogen-bond acceptors (Lipinski definition) is 4. The van der Waals surface area contributed by atoms with Gasteiger partial charge in [0.05, 0.1) is 19.3 Å². The minimum atomic E-state index is -0.735. The van der Waals surface area contributed by atoms with Crippen LogP contribution in [0.3, 0.4) is 0 Å². The summed E-state index contributed by atoms with van der Waals surface area (Å²) in [7, 11) is 0. The van der Waals surface area contributed by atoms with Gasteiger partial charge < -0.3 is 20.4 Å². The summed E-state index contributed by atoms with van der Waals surface area (Å²) in [6.45, 7) is 1.46. The number of phenols is 1. The van der Waals surface area contributed by atoms with Gasteiger partial charge in [0, 0.05) is 5.56 Å². The summed E-state index contributed by atoms with van der Waals surface area (Å²) in [5.41, 5.74) is 1.40. The van der Waals surface area contributed by atoms with Gasteiger partial charge in [0.25, 0.3) is 0 Å². The van der Waals surface area contributed by atoms with Gasteiger partial charge >= 0.3 is 0 Å². The Kier molecular flexibility index (Phi) is 4.73. The van der Waals surface area contributed by atoms with Crippen molar-refractivity contribution >= 4 is 0 Å². The first kappa shape index (κ1) is 13.0. The summed E-state index contributed by atoms with van der Waals surface area (Å²) in [6.07, 6.45) is -0.284. The Labute approximate surface area is 94.8 Å². The third-order valence-corrected chi connectivity index (χ3v) is 2.68. The predicted molar refractivity (Wildman–Crippen MR) is 60.2 cm³/mol. The Balaban J connectivity index is 2.79. The number of aliphatic hydroxyl groups excluding tert-OH is 3. The first-order valence-electron chi connectivity index (χ1n) is 5.30. The molecule has 0 heterocycles. The molecule has 0 radical (unpaired) electrons. The Morgan fingerprint density at radius 3 is 2.50 bits per heavy atom. The van der Waals surface area contributed by atoms with Crippen LogP contribution in [0.4, 0.5) is 0 Å². The standard InChI is InChI=1S/C12H18O4/c1-8(4-11(15)7-14)9-2-3-12(16)10(5-9)6-13/h2-3,5,8,11,13-16H,4,6-7H2,1H3. The average Bonchev–Trinajstić information content (AvgIpc) is 2.29. The third-order valence-electron chi connectivity index (χ3n) is 2.68. The molecule has 0 spiro atoms. The van der Waals surface area contributed by atoms with Gasteiger partial charge in [-0.2, -0.15) is 0 Å². The highest BCUT2D eigenvalue weighted by molar-refractivity contribution is 5.36. The van der Waals surface area contributed by atoms with Crippen LogP contribution in [0.2, 0.25) is 0 Å². The zero-order valence-corrected chi connectivity index (χ0v) is 9.30. The van der Waals surface area contributed by atoms with Crippen molar-refractivity contribution in [3.63, 3.8) is 0 Å². The molecule has 0 saturated heterocycles. The molecule has 0 aliphatic carbocycles. The van der Waals surface area contributed by atoms with Crippen LogP contribution in [0.15, 0.2) is 18.2 Å². The first-order chi connectivity index (χ1) is 7.58. The molecular weight excluding hydrogens is 208 g/mol. The summed E-state index contributed by atoms with van der Waals surface area (Å²) in [5.74, 6) is 0.134. The van der Waals surface area contributed by atoms with E-state index in [0.717, 1.165) is 5.56 Å². The van der Waals surface area contributed by atoms with Crippen LogP contribution in [-0.2, 0) is 6.61 Å². The third kappa shape index (κ3) is 3.20. The Hall–Kier alpha value is -1.10. The van der Waals surface area contributed by atoms with Crippen LogP contribution in [0.1, 0.15) is 30.4 Å². The van der Waals surface area contributed by atoms with Crippen molar-refractivity contribution in [2.24, 2.45) is 0 Å². The van der Waals surface area contributed by atoms with E-state index < -0.39 is 6.10 Å². The maximum absolute atomic E-state index is 9.40. The van der Waals surface area contributed by atoms with Crippen molar-refractivity contribution in [1.29, 1.82) is 0 Å². The number of benzene rings is 1. The number of aromatic hydroxyl groups is 1. The summed E-state index contributed by atoms with van der Waals surface area (Å²) in [6, 6.07) is 5.00. The lowest BCUT2D eigenvalue weighted by Gasteiger charge is -2.16. The van der Waals surface area contributed by atoms with Crippen molar-refractivity contribution < 1.29 is 20.4 Å². The molecule has 2 unspecified atom stereocenters. The fourth-order valence-electron chi connectivity index (χ4n) is 1.66. The van der Waals surface area contributed by atoms with Gasteiger partial charge in [-0.15, -0.1) is 0 Å². The van der Waals surface area contributed by atoms with Gasteiger partial charge in [0.15, 0.2) is 0 Å². The first-order valence-corrected chi connectivity index (χ1v) is 5.30. The summed E-state index contributed by atoms with van der Waals surface area (Å²) >= 11 is 0. The molecule has 4 heteroatoms. The van der Waals surface area contributed by atoms with Crippen LogP contribution < -0.4 is 0 Å². The topological polar surface area (TPSA) is 80.9 Å². The van der Waals surface area contributed by atoms with E-state index in [1.807, 2.05) is 6.92 Å². The molecule has 2 atom stereocenters. The van der Waals surface area contributed by atoms with Crippen molar-refractivity contribution in [3.8, 4) is 5.75 Å². The molecule has 90 valence electrons. The van der Waals surface area contributed by atoms with Crippen LogP contribution in [0.25, 0.3) is 0 Å². The molecule has 1 aromatic carbocycles. The Bertz CT molecular complexity index is 338. The number of rotatable bonds is 5. The quantitative estimate of drug-likeness (QED) is 0.596. The maximum atomic E-state index is 9.40. The SMILES string of the molecule is CC(CC(O)CO)c1ccc(O)c(CO)c1. The largest absolute Gasteiger partial charge is 0.508 e. The molecule has 4 N–H and O–H groups in total. The van der Waals surface area contributed by atoms with E-state index in [9.17, 15) is 10.2 Å². The van der Waals surface area contributed by atoms with E-state index in [2.05, 4.69) is 0 Å². The van der Waals surface area contributed by atoms with Crippen LogP contribution in [0, 0.1) is 0 Å². The highest BCUT2D eigenvalue weighted by atomic mass is 16.3. The van der Waals surface area contributed by atoms with E-state index in [0.29, 0.717) is 12.0 Å². The summed E-state index contributed by atoms with van der Waals surface area (Å²) in [5, 5.41) is 36.5. The number of aliphatic hydroxyl groups is 3. The Morgan fingerprint density at radius 1 is 1.25 bits per heavy atom. The van der Waals surface area contributed by atoms with E-state index in [4.69, 9.17) is 10.2 Å². The fourth-order valence-corrected chi connectivity index (χ4v) is 1.66. The van der Waals surface area contributed by atoms with Crippen molar-refractivity contribution in [2.45, 2.75) is 32.0 Å². The zero-order chi connectivity index (χ0) is 12.1. The zero-order valence-electron chi connectivity index (χ0n) is 9.30. The minimum absolute atomic E-state index is 0.0630. The van der Waals surface area contributed by atoms with Crippen molar-refractivity contribution in [1.82, 2.24) is 0 Å². The molecule has 0 fully saturated rings. The maximum Gasteiger partial charge on any atom is 0.121 e. The van der Waals surface area contributed by atoms with Gasteiger partial charge in [-0.25, -0.2) is 0 Å². The Morgan fingerprint density at radius 2 is 1.94 bits per heavy atom. The van der Waals surface area contributed by atoms with Gasteiger partial charge in [0.2, 0.25) is 0 Å². The van der Waals surface area contributed by atoms with Crippen LogP contribution >= 0.6 is 0 Å². The average molecular weight is 226 g/mol. The fraction of sp³-hybridized carbons (Fsp3) is 0.500. The lowest BCUT2D eigenvalue weighted by Crippen LogP contribution is -2.15. The molecule has 1 rings (SSSR count). The summed E-state index contributed by atoms with van der Waals surface area (Å²) < 4.78 is 0. The van der Waals surface area contributed by atoms with E-state index in [1.165, 1.54) is 6.07 Å². The van der Waals surface area contributed by atoms with E-state index >= 15 is 0 Å². The van der Waals surface area contributed by atoms with Crippen molar-refractivity contribution in [3.05, 3.63) is 29.3 Å². The van der Waals surface area contributed by atoms with Gasteiger partial charge in [-0.1, -0.05) is 13.0 Å². The highest BCUT2D eigenvalue weighted by Crippen LogP contribution is 2.26. The molecule has 0 bridgehead atoms. The lowest BCUT2D eigenvalue weighted by atomic mass is 9.93. The second-order valence-electron chi connectivity index (χ2n) is 4.02. The molecule has 0 aliphatic heterocycles. The number of hydrogen-bond donors (Lipinski definition) is 4. The second kappa shape index (κ2) is 5.84. The smallest absolute Gasteiger partial charge is 0.121 e. The van der Waals surface area contributed by atoms with Gasteiger partial charge in [-0.05, 0) is 30.0 Å². The molecule has 0 aliphatic rings. The van der Waals surface area contributed by atoms with E-state index in [-0.39, 0.29) is 24.9 Å². The lowest BCUT2D eigenvalue weighted by molar-refractivity contribution is 0.0835. The minimum Gasteiger partial charge on any atom is -0.508 e. The van der Waals surface area contributed by atoms with Gasteiger partial charge in [0.1, 0.15) is 5.75 Å². The second-order valence-corrected chi connectivity index (χ2v) is 4.02. The normalized spacial score (nSPS) is 14.8. The summed E-state index contributed by atoms with van der Waals surface area (Å²) in [4.78, 5) is 0. The molecule has 0 aromatic heterocycles. The van der Waals surface area contributed by atoms with Crippen molar-refractivity contribution in [2.75, 3.05) is 6.61 Å². The molecule has 0 amide bonds. The molecule has 0 saturated carbocycles. The van der Waals surface area contributed by atoms with Crippen LogP contribution in [0.5, 0.6) is 5.75 Å². The molecule has 1 aromatic rings. The van der Waals surface area contributed by atoms with E-state index in [1.54, 1.807) is 12.1 Å². The molecule has 16 heavy (non-hydrogen) atoms.